The van der Waals surface area contributed by atoms with E-state index in [1.807, 2.05) is 35.2 Å². The van der Waals surface area contributed by atoms with Gasteiger partial charge < -0.3 is 15.0 Å². The Balaban J connectivity index is 1.19. The van der Waals surface area contributed by atoms with Crippen molar-refractivity contribution in [3.63, 3.8) is 0 Å². The minimum Gasteiger partial charge on any atom is -0.493 e. The van der Waals surface area contributed by atoms with Crippen LogP contribution < -0.4 is 10.1 Å². The van der Waals surface area contributed by atoms with E-state index in [4.69, 9.17) is 4.74 Å². The molecular formula is C30H41N3O3. The molecular weight excluding hydrogens is 450 g/mol. The van der Waals surface area contributed by atoms with Crippen molar-refractivity contribution in [2.75, 3.05) is 32.8 Å². The molecule has 0 bridgehead atoms. The molecule has 0 aliphatic carbocycles. The van der Waals surface area contributed by atoms with E-state index < -0.39 is 0 Å². The van der Waals surface area contributed by atoms with Crippen molar-refractivity contribution in [1.29, 1.82) is 0 Å². The third kappa shape index (κ3) is 7.57. The standard InChI is InChI=1S/C30H41N3O3/c1-23-18-24(2)21-32(20-23)22-27-9-7-6-8-26(27)19-31-30(35)25-12-15-33(16-13-25)29(34)14-17-36-28-10-4-3-5-11-28/h3-11,23-25H,12-22H2,1-2H3,(H,31,35). The number of para-hydroxylation sites is 1. The van der Waals surface area contributed by atoms with Gasteiger partial charge in [-0.15, -0.1) is 0 Å². The summed E-state index contributed by atoms with van der Waals surface area (Å²) in [5.41, 5.74) is 2.50. The van der Waals surface area contributed by atoms with Crippen molar-refractivity contribution in [3.8, 4) is 5.75 Å². The summed E-state index contributed by atoms with van der Waals surface area (Å²) in [6, 6.07) is 18.0. The minimum absolute atomic E-state index is 0.0365. The van der Waals surface area contributed by atoms with E-state index in [2.05, 4.69) is 48.3 Å². The second-order valence-electron chi connectivity index (χ2n) is 10.7. The van der Waals surface area contributed by atoms with Crippen molar-refractivity contribution in [2.24, 2.45) is 17.8 Å². The molecule has 6 heteroatoms. The lowest BCUT2D eigenvalue weighted by Crippen LogP contribution is -2.43. The highest BCUT2D eigenvalue weighted by Crippen LogP contribution is 2.24. The van der Waals surface area contributed by atoms with Gasteiger partial charge in [0.25, 0.3) is 0 Å². The molecule has 2 unspecified atom stereocenters. The number of carbonyl (C=O) groups is 2. The molecule has 2 fully saturated rings. The van der Waals surface area contributed by atoms with E-state index in [1.165, 1.54) is 17.5 Å². The fourth-order valence-electron chi connectivity index (χ4n) is 5.70. The van der Waals surface area contributed by atoms with Gasteiger partial charge in [-0.25, -0.2) is 0 Å². The smallest absolute Gasteiger partial charge is 0.225 e. The van der Waals surface area contributed by atoms with Crippen molar-refractivity contribution in [1.82, 2.24) is 15.1 Å². The van der Waals surface area contributed by atoms with Gasteiger partial charge >= 0.3 is 0 Å². The van der Waals surface area contributed by atoms with Gasteiger partial charge in [0.1, 0.15) is 5.75 Å². The zero-order valence-electron chi connectivity index (χ0n) is 21.8. The van der Waals surface area contributed by atoms with E-state index >= 15 is 0 Å². The third-order valence-corrected chi connectivity index (χ3v) is 7.46. The number of hydrogen-bond donors (Lipinski definition) is 1. The van der Waals surface area contributed by atoms with Crippen LogP contribution in [0, 0.1) is 17.8 Å². The SMILES string of the molecule is CC1CC(C)CN(Cc2ccccc2CNC(=O)C2CCN(C(=O)CCOc3ccccc3)CC2)C1. The fourth-order valence-corrected chi connectivity index (χ4v) is 5.70. The monoisotopic (exact) mass is 491 g/mol. The highest BCUT2D eigenvalue weighted by molar-refractivity contribution is 5.80. The summed E-state index contributed by atoms with van der Waals surface area (Å²) < 4.78 is 5.65. The van der Waals surface area contributed by atoms with Gasteiger partial charge in [-0.3, -0.25) is 14.5 Å². The second-order valence-corrected chi connectivity index (χ2v) is 10.7. The summed E-state index contributed by atoms with van der Waals surface area (Å²) in [7, 11) is 0. The van der Waals surface area contributed by atoms with Gasteiger partial charge in [0.2, 0.25) is 11.8 Å². The first kappa shape index (κ1) is 26.2. The normalized spacial score (nSPS) is 21.2. The van der Waals surface area contributed by atoms with Gasteiger partial charge in [-0.2, -0.15) is 0 Å². The molecule has 0 radical (unpaired) electrons. The average Bonchev–Trinajstić information content (AvgIpc) is 2.88. The maximum atomic E-state index is 12.9. The molecule has 0 aromatic heterocycles. The summed E-state index contributed by atoms with van der Waals surface area (Å²) in [6.07, 6.45) is 3.09. The van der Waals surface area contributed by atoms with Crippen LogP contribution in [0.15, 0.2) is 54.6 Å². The van der Waals surface area contributed by atoms with E-state index in [1.54, 1.807) is 0 Å². The molecule has 6 nitrogen and oxygen atoms in total. The largest absolute Gasteiger partial charge is 0.493 e. The topological polar surface area (TPSA) is 61.9 Å². The molecule has 2 aliphatic heterocycles. The molecule has 2 aromatic carbocycles. The molecule has 0 spiro atoms. The molecule has 0 saturated carbocycles. The first-order valence-electron chi connectivity index (χ1n) is 13.5. The van der Waals surface area contributed by atoms with Crippen LogP contribution in [0.5, 0.6) is 5.75 Å². The Kier molecular flexibility index (Phi) is 9.40. The fraction of sp³-hybridized carbons (Fsp3) is 0.533. The lowest BCUT2D eigenvalue weighted by atomic mass is 9.91. The molecule has 36 heavy (non-hydrogen) atoms. The van der Waals surface area contributed by atoms with Crippen LogP contribution in [0.1, 0.15) is 50.7 Å². The maximum Gasteiger partial charge on any atom is 0.225 e. The molecule has 194 valence electrons. The van der Waals surface area contributed by atoms with Gasteiger partial charge in [0, 0.05) is 45.2 Å². The molecule has 2 heterocycles. The number of nitrogens with one attached hydrogen (secondary N) is 1. The molecule has 2 aliphatic rings. The number of benzene rings is 2. The molecule has 1 N–H and O–H groups in total. The number of hydrogen-bond acceptors (Lipinski definition) is 4. The van der Waals surface area contributed by atoms with Gasteiger partial charge in [0.15, 0.2) is 0 Å². The summed E-state index contributed by atoms with van der Waals surface area (Å²) in [5, 5.41) is 3.18. The van der Waals surface area contributed by atoms with Crippen LogP contribution in [0.2, 0.25) is 0 Å². The van der Waals surface area contributed by atoms with Crippen molar-refractivity contribution in [2.45, 2.75) is 52.6 Å². The number of rotatable bonds is 9. The van der Waals surface area contributed by atoms with Crippen LogP contribution in [0.4, 0.5) is 0 Å². The lowest BCUT2D eigenvalue weighted by molar-refractivity contribution is -0.136. The third-order valence-electron chi connectivity index (χ3n) is 7.46. The average molecular weight is 492 g/mol. The summed E-state index contributed by atoms with van der Waals surface area (Å²) in [5.74, 6) is 2.40. The highest BCUT2D eigenvalue weighted by Gasteiger charge is 2.27. The zero-order chi connectivity index (χ0) is 25.3. The molecule has 2 amide bonds. The first-order valence-corrected chi connectivity index (χ1v) is 13.5. The predicted octanol–water partition coefficient (Wildman–Crippen LogP) is 4.49. The quantitative estimate of drug-likeness (QED) is 0.562. The van der Waals surface area contributed by atoms with Gasteiger partial charge in [0.05, 0.1) is 13.0 Å². The van der Waals surface area contributed by atoms with Gasteiger partial charge in [-0.1, -0.05) is 56.3 Å². The Bertz CT molecular complexity index is 978. The lowest BCUT2D eigenvalue weighted by Gasteiger charge is -2.35. The first-order chi connectivity index (χ1) is 17.5. The zero-order valence-corrected chi connectivity index (χ0v) is 21.8. The van der Waals surface area contributed by atoms with E-state index in [0.717, 1.165) is 37.2 Å². The Hall–Kier alpha value is -2.86. The summed E-state index contributed by atoms with van der Waals surface area (Å²) in [4.78, 5) is 29.9. The number of nitrogens with zero attached hydrogens (tertiary/aromatic N) is 2. The van der Waals surface area contributed by atoms with Crippen LogP contribution in [0.25, 0.3) is 0 Å². The summed E-state index contributed by atoms with van der Waals surface area (Å²) >= 11 is 0. The van der Waals surface area contributed by atoms with Gasteiger partial charge in [-0.05, 0) is 54.4 Å². The molecule has 2 atom stereocenters. The van der Waals surface area contributed by atoms with Crippen molar-refractivity contribution >= 4 is 11.8 Å². The number of carbonyl (C=O) groups excluding carboxylic acids is 2. The van der Waals surface area contributed by atoms with Crippen LogP contribution in [-0.2, 0) is 22.7 Å². The maximum absolute atomic E-state index is 12.9. The number of amides is 2. The molecule has 4 rings (SSSR count). The minimum atomic E-state index is -0.0365. The van der Waals surface area contributed by atoms with E-state index in [9.17, 15) is 9.59 Å². The van der Waals surface area contributed by atoms with Crippen LogP contribution >= 0.6 is 0 Å². The van der Waals surface area contributed by atoms with Crippen LogP contribution in [0.3, 0.4) is 0 Å². The Morgan fingerprint density at radius 1 is 0.917 bits per heavy atom. The van der Waals surface area contributed by atoms with E-state index in [0.29, 0.717) is 45.5 Å². The van der Waals surface area contributed by atoms with Crippen LogP contribution in [-0.4, -0.2) is 54.4 Å². The highest BCUT2D eigenvalue weighted by atomic mass is 16.5. The van der Waals surface area contributed by atoms with Crippen molar-refractivity contribution < 1.29 is 14.3 Å². The number of likely N-dealkylation sites (tertiary alicyclic amines) is 2. The van der Waals surface area contributed by atoms with Crippen molar-refractivity contribution in [3.05, 3.63) is 65.7 Å². The summed E-state index contributed by atoms with van der Waals surface area (Å²) in [6.45, 7) is 10.1. The van der Waals surface area contributed by atoms with E-state index in [-0.39, 0.29) is 17.7 Å². The Morgan fingerprint density at radius 2 is 1.56 bits per heavy atom. The molecule has 2 saturated heterocycles. The Labute approximate surface area is 216 Å². The predicted molar refractivity (Wildman–Crippen MR) is 142 cm³/mol. The number of piperidine rings is 2. The number of ether oxygens (including phenoxy) is 1. The Morgan fingerprint density at radius 3 is 2.25 bits per heavy atom. The molecule has 2 aromatic rings. The second kappa shape index (κ2) is 12.9.